The van der Waals surface area contributed by atoms with Gasteiger partial charge >= 0.3 is 0 Å². The van der Waals surface area contributed by atoms with Gasteiger partial charge in [-0.15, -0.1) is 21.5 Å². The molecule has 0 atom stereocenters. The first-order valence-corrected chi connectivity index (χ1v) is 9.92. The van der Waals surface area contributed by atoms with Crippen LogP contribution in [0.3, 0.4) is 0 Å². The van der Waals surface area contributed by atoms with Gasteiger partial charge in [0, 0.05) is 18.1 Å². The number of amides is 1. The minimum absolute atomic E-state index is 0.263. The molecule has 3 aromatic heterocycles. The number of carbonyl (C=O) groups excluding carboxylic acids is 1. The van der Waals surface area contributed by atoms with Gasteiger partial charge in [0.15, 0.2) is 9.35 Å². The predicted octanol–water partition coefficient (Wildman–Crippen LogP) is 4.09. The molecule has 9 heteroatoms. The Hall–Kier alpha value is -2.36. The summed E-state index contributed by atoms with van der Waals surface area (Å²) in [6.07, 6.45) is 3.57. The van der Waals surface area contributed by atoms with Crippen LogP contribution in [-0.4, -0.2) is 26.1 Å². The molecule has 1 aromatic carbocycles. The molecule has 4 aromatic rings. The zero-order valence-corrected chi connectivity index (χ0v) is 15.2. The van der Waals surface area contributed by atoms with E-state index >= 15 is 0 Å². The normalized spacial score (nSPS) is 10.9. The Kier molecular flexibility index (Phi) is 4.68. The third-order valence-corrected chi connectivity index (χ3v) is 6.28. The van der Waals surface area contributed by atoms with Crippen molar-refractivity contribution in [2.75, 3.05) is 5.32 Å². The molecular weight excluding hydrogens is 374 g/mol. The van der Waals surface area contributed by atoms with Crippen LogP contribution in [0.5, 0.6) is 0 Å². The van der Waals surface area contributed by atoms with Crippen LogP contribution in [-0.2, 0) is 5.75 Å². The van der Waals surface area contributed by atoms with Gasteiger partial charge in [-0.1, -0.05) is 41.3 Å². The maximum atomic E-state index is 12.3. The van der Waals surface area contributed by atoms with E-state index in [1.54, 1.807) is 18.0 Å². The topological polar surface area (TPSA) is 80.7 Å². The minimum Gasteiger partial charge on any atom is -0.294 e. The summed E-state index contributed by atoms with van der Waals surface area (Å²) in [5.41, 5.74) is 1.94. The first-order chi connectivity index (χ1) is 12.3. The highest BCUT2D eigenvalue weighted by atomic mass is 32.2. The molecule has 0 saturated carbocycles. The van der Waals surface area contributed by atoms with Gasteiger partial charge in [0.05, 0.1) is 10.2 Å². The first kappa shape index (κ1) is 16.1. The number of hydrogen-bond donors (Lipinski definition) is 1. The molecule has 1 N–H and O–H groups in total. The third kappa shape index (κ3) is 3.84. The van der Waals surface area contributed by atoms with Crippen molar-refractivity contribution in [3.8, 4) is 0 Å². The van der Waals surface area contributed by atoms with E-state index in [-0.39, 0.29) is 5.91 Å². The SMILES string of the molecule is O=C(Nc1nnc(SCc2cccnc2)s1)c1nc2ccccc2s1. The highest BCUT2D eigenvalue weighted by molar-refractivity contribution is 8.00. The number of carbonyl (C=O) groups is 1. The smallest absolute Gasteiger partial charge is 0.286 e. The number of rotatable bonds is 5. The molecule has 4 rings (SSSR count). The molecule has 0 aliphatic carbocycles. The van der Waals surface area contributed by atoms with Crippen LogP contribution in [0, 0.1) is 0 Å². The van der Waals surface area contributed by atoms with Crippen LogP contribution in [0.15, 0.2) is 53.1 Å². The predicted molar refractivity (Wildman–Crippen MR) is 101 cm³/mol. The number of pyridine rings is 1. The van der Waals surface area contributed by atoms with Crippen molar-refractivity contribution in [3.05, 3.63) is 59.4 Å². The summed E-state index contributed by atoms with van der Waals surface area (Å²) in [6.45, 7) is 0. The summed E-state index contributed by atoms with van der Waals surface area (Å²) in [4.78, 5) is 20.8. The van der Waals surface area contributed by atoms with E-state index in [4.69, 9.17) is 0 Å². The Morgan fingerprint density at radius 1 is 1.12 bits per heavy atom. The number of nitrogens with zero attached hydrogens (tertiary/aromatic N) is 4. The number of benzene rings is 1. The van der Waals surface area contributed by atoms with Crippen LogP contribution in [0.25, 0.3) is 10.2 Å². The van der Waals surface area contributed by atoms with Gasteiger partial charge in [0.2, 0.25) is 5.13 Å². The molecule has 0 radical (unpaired) electrons. The van der Waals surface area contributed by atoms with E-state index in [2.05, 4.69) is 25.5 Å². The van der Waals surface area contributed by atoms with Crippen molar-refractivity contribution in [1.29, 1.82) is 0 Å². The standard InChI is InChI=1S/C16H11N5OS3/c22-13(14-18-11-5-1-2-6-12(11)24-14)19-15-20-21-16(25-15)23-9-10-4-3-7-17-8-10/h1-8H,9H2,(H,19,20,22). The van der Waals surface area contributed by atoms with Crippen LogP contribution in [0.2, 0.25) is 0 Å². The van der Waals surface area contributed by atoms with Gasteiger partial charge < -0.3 is 0 Å². The van der Waals surface area contributed by atoms with Gasteiger partial charge in [-0.25, -0.2) is 4.98 Å². The summed E-state index contributed by atoms with van der Waals surface area (Å²) in [6, 6.07) is 11.6. The second-order valence-electron chi connectivity index (χ2n) is 4.96. The lowest BCUT2D eigenvalue weighted by Crippen LogP contribution is -2.11. The lowest BCUT2D eigenvalue weighted by molar-refractivity contribution is 0.102. The van der Waals surface area contributed by atoms with E-state index in [1.807, 2.05) is 42.6 Å². The average Bonchev–Trinajstić information content (AvgIpc) is 3.27. The second kappa shape index (κ2) is 7.26. The monoisotopic (exact) mass is 385 g/mol. The summed E-state index contributed by atoms with van der Waals surface area (Å²) in [7, 11) is 0. The van der Waals surface area contributed by atoms with E-state index in [9.17, 15) is 4.79 Å². The molecule has 0 fully saturated rings. The molecule has 25 heavy (non-hydrogen) atoms. The van der Waals surface area contributed by atoms with Crippen molar-refractivity contribution >= 4 is 55.7 Å². The van der Waals surface area contributed by atoms with Gasteiger partial charge in [-0.05, 0) is 23.8 Å². The van der Waals surface area contributed by atoms with E-state index < -0.39 is 0 Å². The van der Waals surface area contributed by atoms with E-state index in [1.165, 1.54) is 22.7 Å². The number of hydrogen-bond acceptors (Lipinski definition) is 8. The van der Waals surface area contributed by atoms with Crippen LogP contribution in [0.4, 0.5) is 5.13 Å². The van der Waals surface area contributed by atoms with Gasteiger partial charge in [0.1, 0.15) is 0 Å². The largest absolute Gasteiger partial charge is 0.294 e. The average molecular weight is 385 g/mol. The first-order valence-electron chi connectivity index (χ1n) is 7.30. The Balaban J connectivity index is 1.41. The Morgan fingerprint density at radius 3 is 2.88 bits per heavy atom. The fourth-order valence-electron chi connectivity index (χ4n) is 2.07. The van der Waals surface area contributed by atoms with Crippen molar-refractivity contribution in [2.45, 2.75) is 10.1 Å². The third-order valence-electron chi connectivity index (χ3n) is 3.20. The van der Waals surface area contributed by atoms with Crippen molar-refractivity contribution < 1.29 is 4.79 Å². The maximum Gasteiger partial charge on any atom is 0.286 e. The number of fused-ring (bicyclic) bond motifs is 1. The number of aromatic nitrogens is 4. The quantitative estimate of drug-likeness (QED) is 0.412. The molecular formula is C16H11N5OS3. The number of thiazole rings is 1. The molecule has 0 unspecified atom stereocenters. The zero-order valence-electron chi connectivity index (χ0n) is 12.7. The fourth-order valence-corrected chi connectivity index (χ4v) is 4.61. The molecule has 0 saturated heterocycles. The molecule has 6 nitrogen and oxygen atoms in total. The van der Waals surface area contributed by atoms with Gasteiger partial charge in [-0.2, -0.15) is 0 Å². The molecule has 0 spiro atoms. The zero-order chi connectivity index (χ0) is 17.1. The lowest BCUT2D eigenvalue weighted by atomic mass is 10.3. The number of para-hydroxylation sites is 1. The van der Waals surface area contributed by atoms with Crippen LogP contribution >= 0.6 is 34.4 Å². The molecule has 124 valence electrons. The summed E-state index contributed by atoms with van der Waals surface area (Å²) in [5.74, 6) is 0.495. The van der Waals surface area contributed by atoms with Crippen molar-refractivity contribution in [2.24, 2.45) is 0 Å². The maximum absolute atomic E-state index is 12.3. The molecule has 0 bridgehead atoms. The Bertz CT molecular complexity index is 982. The highest BCUT2D eigenvalue weighted by Crippen LogP contribution is 2.29. The molecule has 1 amide bonds. The molecule has 3 heterocycles. The number of nitrogens with one attached hydrogen (secondary N) is 1. The summed E-state index contributed by atoms with van der Waals surface area (Å²) < 4.78 is 1.78. The van der Waals surface area contributed by atoms with E-state index in [0.29, 0.717) is 10.1 Å². The second-order valence-corrected chi connectivity index (χ2v) is 8.19. The highest BCUT2D eigenvalue weighted by Gasteiger charge is 2.15. The summed E-state index contributed by atoms with van der Waals surface area (Å²) >= 11 is 4.27. The number of anilines is 1. The number of thioether (sulfide) groups is 1. The van der Waals surface area contributed by atoms with Gasteiger partial charge in [-0.3, -0.25) is 15.1 Å². The summed E-state index contributed by atoms with van der Waals surface area (Å²) in [5, 5.41) is 11.8. The van der Waals surface area contributed by atoms with Crippen LogP contribution < -0.4 is 5.32 Å². The van der Waals surface area contributed by atoms with Gasteiger partial charge in [0.25, 0.3) is 5.91 Å². The van der Waals surface area contributed by atoms with Crippen molar-refractivity contribution in [3.63, 3.8) is 0 Å². The minimum atomic E-state index is -0.263. The lowest BCUT2D eigenvalue weighted by Gasteiger charge is -1.96. The van der Waals surface area contributed by atoms with Crippen LogP contribution in [0.1, 0.15) is 15.4 Å². The molecule has 0 aliphatic heterocycles. The van der Waals surface area contributed by atoms with E-state index in [0.717, 1.165) is 25.9 Å². The molecule has 0 aliphatic rings. The fraction of sp³-hybridized carbons (Fsp3) is 0.0625. The Morgan fingerprint density at radius 2 is 2.04 bits per heavy atom. The van der Waals surface area contributed by atoms with Crippen molar-refractivity contribution in [1.82, 2.24) is 20.2 Å². The Labute approximate surface area is 155 Å².